The van der Waals surface area contributed by atoms with Crippen molar-refractivity contribution in [1.29, 1.82) is 0 Å². The highest BCUT2D eigenvalue weighted by atomic mass is 19.1. The van der Waals surface area contributed by atoms with Gasteiger partial charge in [0.25, 0.3) is 5.91 Å². The van der Waals surface area contributed by atoms with Gasteiger partial charge in [0, 0.05) is 12.4 Å². The molecule has 0 fully saturated rings. The number of aromatic nitrogens is 1. The van der Waals surface area contributed by atoms with Crippen molar-refractivity contribution in [3.63, 3.8) is 0 Å². The standard InChI is InChI=1S/C25H26FN3O3/c1-25(2,3)32-24(31)29(23(30)22(27)16-17-4-8-20(26)9-5-17)21-10-6-18(7-11-21)19-12-14-28-15-13-19/h4-15,22H,16,27H2,1-3H3/t22-/m0/s1. The maximum Gasteiger partial charge on any atom is 0.421 e. The summed E-state index contributed by atoms with van der Waals surface area (Å²) in [6.07, 6.45) is 2.71. The topological polar surface area (TPSA) is 85.5 Å². The molecule has 0 aliphatic rings. The zero-order valence-corrected chi connectivity index (χ0v) is 18.3. The number of pyridine rings is 1. The normalized spacial score (nSPS) is 12.2. The molecule has 2 N–H and O–H groups in total. The van der Waals surface area contributed by atoms with E-state index in [2.05, 4.69) is 4.98 Å². The van der Waals surface area contributed by atoms with Crippen LogP contribution in [0, 0.1) is 5.82 Å². The highest BCUT2D eigenvalue weighted by Crippen LogP contribution is 2.25. The van der Waals surface area contributed by atoms with Crippen molar-refractivity contribution in [3.05, 3.63) is 84.4 Å². The first-order chi connectivity index (χ1) is 15.1. The molecule has 3 aromatic rings. The molecule has 6 nitrogen and oxygen atoms in total. The van der Waals surface area contributed by atoms with E-state index in [-0.39, 0.29) is 12.2 Å². The number of ether oxygens (including phenoxy) is 1. The number of rotatable bonds is 5. The minimum atomic E-state index is -1.02. The summed E-state index contributed by atoms with van der Waals surface area (Å²) in [7, 11) is 0. The van der Waals surface area contributed by atoms with Crippen LogP contribution < -0.4 is 10.6 Å². The predicted octanol–water partition coefficient (Wildman–Crippen LogP) is 4.73. The van der Waals surface area contributed by atoms with Crippen molar-refractivity contribution < 1.29 is 18.7 Å². The Kier molecular flexibility index (Phi) is 7.00. The summed E-state index contributed by atoms with van der Waals surface area (Å²) in [6, 6.07) is 15.4. The third kappa shape index (κ3) is 5.98. The Morgan fingerprint density at radius 1 is 0.969 bits per heavy atom. The van der Waals surface area contributed by atoms with Gasteiger partial charge in [0.1, 0.15) is 11.4 Å². The van der Waals surface area contributed by atoms with E-state index in [1.165, 1.54) is 12.1 Å². The number of amides is 2. The van der Waals surface area contributed by atoms with E-state index in [1.807, 2.05) is 12.1 Å². The summed E-state index contributed by atoms with van der Waals surface area (Å²) < 4.78 is 18.6. The molecule has 2 amide bonds. The molecule has 2 aromatic carbocycles. The molecule has 0 spiro atoms. The zero-order valence-electron chi connectivity index (χ0n) is 18.3. The zero-order chi connectivity index (χ0) is 23.3. The van der Waals surface area contributed by atoms with Gasteiger partial charge in [-0.15, -0.1) is 0 Å². The van der Waals surface area contributed by atoms with E-state index in [1.54, 1.807) is 69.6 Å². The molecule has 0 aliphatic heterocycles. The Bertz CT molecular complexity index is 1060. The molecule has 1 atom stereocenters. The van der Waals surface area contributed by atoms with E-state index in [0.29, 0.717) is 11.3 Å². The lowest BCUT2D eigenvalue weighted by molar-refractivity contribution is -0.119. The van der Waals surface area contributed by atoms with E-state index in [4.69, 9.17) is 10.5 Å². The molecule has 7 heteroatoms. The lowest BCUT2D eigenvalue weighted by atomic mass is 10.0. The van der Waals surface area contributed by atoms with E-state index in [9.17, 15) is 14.0 Å². The fourth-order valence-corrected chi connectivity index (χ4v) is 3.11. The lowest BCUT2D eigenvalue weighted by Gasteiger charge is -2.28. The van der Waals surface area contributed by atoms with Gasteiger partial charge in [0.2, 0.25) is 0 Å². The van der Waals surface area contributed by atoms with Crippen LogP contribution in [-0.4, -0.2) is 28.6 Å². The summed E-state index contributed by atoms with van der Waals surface area (Å²) in [5.41, 5.74) is 8.24. The first kappa shape index (κ1) is 23.1. The number of anilines is 1. The van der Waals surface area contributed by atoms with Gasteiger partial charge in [-0.25, -0.2) is 14.1 Å². The Morgan fingerprint density at radius 2 is 1.53 bits per heavy atom. The Morgan fingerprint density at radius 3 is 2.09 bits per heavy atom. The van der Waals surface area contributed by atoms with Gasteiger partial charge in [0.05, 0.1) is 11.7 Å². The predicted molar refractivity (Wildman–Crippen MR) is 121 cm³/mol. The van der Waals surface area contributed by atoms with Crippen molar-refractivity contribution in [1.82, 2.24) is 4.98 Å². The van der Waals surface area contributed by atoms with Crippen LogP contribution in [0.3, 0.4) is 0 Å². The van der Waals surface area contributed by atoms with Gasteiger partial charge in [-0.2, -0.15) is 0 Å². The third-order valence-corrected chi connectivity index (χ3v) is 4.62. The van der Waals surface area contributed by atoms with Gasteiger partial charge in [-0.05, 0) is 80.3 Å². The largest absolute Gasteiger partial charge is 0.443 e. The Labute approximate surface area is 186 Å². The maximum absolute atomic E-state index is 13.2. The highest BCUT2D eigenvalue weighted by molar-refractivity contribution is 6.14. The SMILES string of the molecule is CC(C)(C)OC(=O)N(C(=O)[C@@H](N)Cc1ccc(F)cc1)c1ccc(-c2ccncc2)cc1. The van der Waals surface area contributed by atoms with Crippen LogP contribution in [-0.2, 0) is 16.0 Å². The van der Waals surface area contributed by atoms with Crippen LogP contribution >= 0.6 is 0 Å². The summed E-state index contributed by atoms with van der Waals surface area (Å²) in [6.45, 7) is 5.16. The molecular weight excluding hydrogens is 409 g/mol. The van der Waals surface area contributed by atoms with Crippen molar-refractivity contribution >= 4 is 17.7 Å². The van der Waals surface area contributed by atoms with Gasteiger partial charge in [-0.1, -0.05) is 24.3 Å². The smallest absolute Gasteiger partial charge is 0.421 e. The number of nitrogens with two attached hydrogens (primary N) is 1. The first-order valence-electron chi connectivity index (χ1n) is 10.2. The quantitative estimate of drug-likeness (QED) is 0.626. The number of benzene rings is 2. The molecule has 1 aromatic heterocycles. The third-order valence-electron chi connectivity index (χ3n) is 4.62. The highest BCUT2D eigenvalue weighted by Gasteiger charge is 2.32. The van der Waals surface area contributed by atoms with Crippen molar-refractivity contribution in [3.8, 4) is 11.1 Å². The van der Waals surface area contributed by atoms with Crippen molar-refractivity contribution in [2.75, 3.05) is 4.90 Å². The number of imide groups is 1. The maximum atomic E-state index is 13.2. The van der Waals surface area contributed by atoms with Gasteiger partial charge < -0.3 is 10.5 Å². The number of carbonyl (C=O) groups is 2. The van der Waals surface area contributed by atoms with E-state index >= 15 is 0 Å². The molecule has 0 saturated heterocycles. The molecule has 32 heavy (non-hydrogen) atoms. The van der Waals surface area contributed by atoms with Crippen molar-refractivity contribution in [2.24, 2.45) is 5.73 Å². The minimum absolute atomic E-state index is 0.146. The molecule has 1 heterocycles. The fourth-order valence-electron chi connectivity index (χ4n) is 3.11. The molecule has 0 aliphatic carbocycles. The molecule has 0 saturated carbocycles. The molecule has 0 radical (unpaired) electrons. The van der Waals surface area contributed by atoms with Gasteiger partial charge >= 0.3 is 6.09 Å². The average Bonchev–Trinajstić information content (AvgIpc) is 2.75. The number of hydrogen-bond acceptors (Lipinski definition) is 5. The van der Waals surface area contributed by atoms with Crippen LogP contribution in [0.4, 0.5) is 14.9 Å². The number of halogens is 1. The number of hydrogen-bond donors (Lipinski definition) is 1. The first-order valence-corrected chi connectivity index (χ1v) is 10.2. The average molecular weight is 435 g/mol. The van der Waals surface area contributed by atoms with Crippen LogP contribution in [0.15, 0.2) is 73.1 Å². The van der Waals surface area contributed by atoms with Gasteiger partial charge in [-0.3, -0.25) is 9.78 Å². The number of nitrogens with zero attached hydrogens (tertiary/aromatic N) is 2. The summed E-state index contributed by atoms with van der Waals surface area (Å²) >= 11 is 0. The van der Waals surface area contributed by atoms with Gasteiger partial charge in [0.15, 0.2) is 0 Å². The second kappa shape index (κ2) is 9.70. The van der Waals surface area contributed by atoms with Crippen LogP contribution in [0.2, 0.25) is 0 Å². The van der Waals surface area contributed by atoms with Crippen LogP contribution in [0.5, 0.6) is 0 Å². The molecule has 3 rings (SSSR count). The monoisotopic (exact) mass is 435 g/mol. The second-order valence-electron chi connectivity index (χ2n) is 8.37. The Balaban J connectivity index is 1.88. The summed E-state index contributed by atoms with van der Waals surface area (Å²) in [5, 5.41) is 0. The summed E-state index contributed by atoms with van der Waals surface area (Å²) in [5.74, 6) is -0.987. The molecule has 0 unspecified atom stereocenters. The molecule has 166 valence electrons. The summed E-state index contributed by atoms with van der Waals surface area (Å²) in [4.78, 5) is 31.1. The van der Waals surface area contributed by atoms with Crippen molar-refractivity contribution in [2.45, 2.75) is 38.8 Å². The second-order valence-corrected chi connectivity index (χ2v) is 8.37. The Hall–Kier alpha value is -3.58. The minimum Gasteiger partial charge on any atom is -0.443 e. The lowest BCUT2D eigenvalue weighted by Crippen LogP contribution is -2.49. The van der Waals surface area contributed by atoms with E-state index < -0.39 is 23.6 Å². The van der Waals surface area contributed by atoms with E-state index in [0.717, 1.165) is 16.0 Å². The number of carbonyl (C=O) groups excluding carboxylic acids is 2. The fraction of sp³-hybridized carbons (Fsp3) is 0.240. The molecular formula is C25H26FN3O3. The van der Waals surface area contributed by atoms with Crippen LogP contribution in [0.1, 0.15) is 26.3 Å². The van der Waals surface area contributed by atoms with Crippen LogP contribution in [0.25, 0.3) is 11.1 Å². The molecule has 0 bridgehead atoms.